The van der Waals surface area contributed by atoms with E-state index in [2.05, 4.69) is 13.8 Å². The fourth-order valence-electron chi connectivity index (χ4n) is 3.56. The summed E-state index contributed by atoms with van der Waals surface area (Å²) in [5.74, 6) is 4.27. The zero-order valence-corrected chi connectivity index (χ0v) is 8.55. The Morgan fingerprint density at radius 3 is 1.50 bits per heavy atom. The van der Waals surface area contributed by atoms with E-state index in [-0.39, 0.29) is 0 Å². The lowest BCUT2D eigenvalue weighted by Crippen LogP contribution is -2.34. The van der Waals surface area contributed by atoms with Gasteiger partial charge in [0.25, 0.3) is 0 Å². The molecule has 2 aliphatic rings. The largest absolute Gasteiger partial charge is 0.0622 e. The third-order valence-electron chi connectivity index (χ3n) is 4.41. The third-order valence-corrected chi connectivity index (χ3v) is 4.41. The van der Waals surface area contributed by atoms with Gasteiger partial charge >= 0.3 is 0 Å². The van der Waals surface area contributed by atoms with E-state index in [1.807, 2.05) is 0 Å². The first-order valence-corrected chi connectivity index (χ1v) is 5.79. The molecule has 0 heterocycles. The highest BCUT2D eigenvalue weighted by Crippen LogP contribution is 2.46. The maximum atomic E-state index is 2.48. The van der Waals surface area contributed by atoms with Crippen molar-refractivity contribution in [3.8, 4) is 0 Å². The molecule has 0 nitrogen and oxygen atoms in total. The minimum atomic E-state index is 1.03. The highest BCUT2D eigenvalue weighted by Gasteiger charge is 2.36. The molecule has 70 valence electrons. The first kappa shape index (κ1) is 8.59. The zero-order chi connectivity index (χ0) is 8.55. The molecule has 0 aromatic rings. The molecule has 0 saturated heterocycles. The van der Waals surface area contributed by atoms with Crippen molar-refractivity contribution in [3.63, 3.8) is 0 Å². The van der Waals surface area contributed by atoms with E-state index in [0.717, 1.165) is 23.7 Å². The minimum absolute atomic E-state index is 1.03. The summed E-state index contributed by atoms with van der Waals surface area (Å²) in [5.41, 5.74) is 0. The number of hydrogen-bond donors (Lipinski definition) is 0. The predicted molar refractivity (Wildman–Crippen MR) is 53.0 cm³/mol. The monoisotopic (exact) mass is 166 g/mol. The molecule has 0 bridgehead atoms. The molecular formula is C12H22. The van der Waals surface area contributed by atoms with Gasteiger partial charge in [-0.05, 0) is 36.5 Å². The van der Waals surface area contributed by atoms with E-state index >= 15 is 0 Å². The van der Waals surface area contributed by atoms with Crippen molar-refractivity contribution in [1.82, 2.24) is 0 Å². The van der Waals surface area contributed by atoms with E-state index in [0.29, 0.717) is 0 Å². The second-order valence-electron chi connectivity index (χ2n) is 5.14. The topological polar surface area (TPSA) is 0 Å². The molecule has 2 fully saturated rings. The Bertz CT molecular complexity index is 132. The molecule has 0 heteroatoms. The van der Waals surface area contributed by atoms with Gasteiger partial charge in [-0.1, -0.05) is 39.5 Å². The lowest BCUT2D eigenvalue weighted by molar-refractivity contribution is 0.0672. The van der Waals surface area contributed by atoms with Crippen LogP contribution in [0.25, 0.3) is 0 Å². The van der Waals surface area contributed by atoms with Gasteiger partial charge in [0.05, 0.1) is 0 Å². The summed E-state index contributed by atoms with van der Waals surface area (Å²) in [4.78, 5) is 0. The quantitative estimate of drug-likeness (QED) is 0.512. The number of hydrogen-bond acceptors (Lipinski definition) is 0. The van der Waals surface area contributed by atoms with Crippen LogP contribution >= 0.6 is 0 Å². The van der Waals surface area contributed by atoms with Gasteiger partial charge in [0.2, 0.25) is 0 Å². The van der Waals surface area contributed by atoms with Crippen LogP contribution in [0.15, 0.2) is 0 Å². The first-order valence-electron chi connectivity index (χ1n) is 5.79. The van der Waals surface area contributed by atoms with Gasteiger partial charge in [0.1, 0.15) is 0 Å². The standard InChI is InChI=1S/C12H22/c1-9-7-8-10(2)12-6-4-3-5-11(9)12/h9-12H,3-8H2,1-2H3. The van der Waals surface area contributed by atoms with Crippen molar-refractivity contribution in [2.45, 2.75) is 52.4 Å². The number of rotatable bonds is 0. The third kappa shape index (κ3) is 1.41. The van der Waals surface area contributed by atoms with Gasteiger partial charge in [-0.3, -0.25) is 0 Å². The molecule has 0 amide bonds. The second-order valence-corrected chi connectivity index (χ2v) is 5.14. The lowest BCUT2D eigenvalue weighted by atomic mass is 9.62. The highest BCUT2D eigenvalue weighted by atomic mass is 14.4. The summed E-state index contributed by atoms with van der Waals surface area (Å²) in [6.07, 6.45) is 9.10. The summed E-state index contributed by atoms with van der Waals surface area (Å²) in [5, 5.41) is 0. The first-order chi connectivity index (χ1) is 5.79. The van der Waals surface area contributed by atoms with Crippen molar-refractivity contribution in [2.24, 2.45) is 23.7 Å². The van der Waals surface area contributed by atoms with Crippen molar-refractivity contribution < 1.29 is 0 Å². The molecular weight excluding hydrogens is 144 g/mol. The molecule has 2 rings (SSSR count). The molecule has 0 aromatic carbocycles. The van der Waals surface area contributed by atoms with Crippen LogP contribution in [-0.2, 0) is 0 Å². The molecule has 0 spiro atoms. The fraction of sp³-hybridized carbons (Fsp3) is 1.00. The normalized spacial score (nSPS) is 48.5. The minimum Gasteiger partial charge on any atom is -0.0622 e. The Hall–Kier alpha value is 0. The molecule has 4 unspecified atom stereocenters. The maximum Gasteiger partial charge on any atom is -0.0358 e. The zero-order valence-electron chi connectivity index (χ0n) is 8.55. The average molecular weight is 166 g/mol. The van der Waals surface area contributed by atoms with Gasteiger partial charge in [0.15, 0.2) is 0 Å². The Morgan fingerprint density at radius 1 is 0.667 bits per heavy atom. The van der Waals surface area contributed by atoms with Crippen LogP contribution in [0, 0.1) is 23.7 Å². The van der Waals surface area contributed by atoms with E-state index in [4.69, 9.17) is 0 Å². The molecule has 0 radical (unpaired) electrons. The van der Waals surface area contributed by atoms with Crippen LogP contribution < -0.4 is 0 Å². The highest BCUT2D eigenvalue weighted by molar-refractivity contribution is 4.86. The van der Waals surface area contributed by atoms with Crippen molar-refractivity contribution in [2.75, 3.05) is 0 Å². The summed E-state index contributed by atoms with van der Waals surface area (Å²) in [6, 6.07) is 0. The Balaban J connectivity index is 2.05. The van der Waals surface area contributed by atoms with Crippen LogP contribution in [0.5, 0.6) is 0 Å². The van der Waals surface area contributed by atoms with E-state index in [9.17, 15) is 0 Å². The molecule has 0 N–H and O–H groups in total. The predicted octanol–water partition coefficient (Wildman–Crippen LogP) is 3.86. The van der Waals surface area contributed by atoms with Gasteiger partial charge < -0.3 is 0 Å². The maximum absolute atomic E-state index is 2.48. The van der Waals surface area contributed by atoms with Gasteiger partial charge in [-0.2, -0.15) is 0 Å². The average Bonchev–Trinajstić information content (AvgIpc) is 2.12. The van der Waals surface area contributed by atoms with Crippen molar-refractivity contribution in [1.29, 1.82) is 0 Å². The smallest absolute Gasteiger partial charge is 0.0358 e. The molecule has 0 aliphatic heterocycles. The lowest BCUT2D eigenvalue weighted by Gasteiger charge is -2.43. The molecule has 2 saturated carbocycles. The van der Waals surface area contributed by atoms with Crippen LogP contribution in [0.1, 0.15) is 52.4 Å². The molecule has 2 aliphatic carbocycles. The van der Waals surface area contributed by atoms with Gasteiger partial charge in [-0.25, -0.2) is 0 Å². The van der Waals surface area contributed by atoms with Crippen molar-refractivity contribution >= 4 is 0 Å². The molecule has 12 heavy (non-hydrogen) atoms. The molecule has 4 atom stereocenters. The van der Waals surface area contributed by atoms with E-state index < -0.39 is 0 Å². The Morgan fingerprint density at radius 2 is 1.08 bits per heavy atom. The fourth-order valence-corrected chi connectivity index (χ4v) is 3.56. The summed E-state index contributed by atoms with van der Waals surface area (Å²) < 4.78 is 0. The molecule has 0 aromatic heterocycles. The second kappa shape index (κ2) is 3.40. The SMILES string of the molecule is CC1CCC(C)C2CCCCC12. The Labute approximate surface area is 76.7 Å². The van der Waals surface area contributed by atoms with Gasteiger partial charge in [0, 0.05) is 0 Å². The van der Waals surface area contributed by atoms with Crippen LogP contribution in [0.2, 0.25) is 0 Å². The Kier molecular flexibility index (Phi) is 2.43. The van der Waals surface area contributed by atoms with Crippen LogP contribution in [0.3, 0.4) is 0 Å². The number of fused-ring (bicyclic) bond motifs is 1. The van der Waals surface area contributed by atoms with E-state index in [1.54, 1.807) is 0 Å². The summed E-state index contributed by atoms with van der Waals surface area (Å²) in [7, 11) is 0. The summed E-state index contributed by atoms with van der Waals surface area (Å²) >= 11 is 0. The van der Waals surface area contributed by atoms with Crippen molar-refractivity contribution in [3.05, 3.63) is 0 Å². The van der Waals surface area contributed by atoms with E-state index in [1.165, 1.54) is 38.5 Å². The van der Waals surface area contributed by atoms with Gasteiger partial charge in [-0.15, -0.1) is 0 Å². The van der Waals surface area contributed by atoms with Crippen LogP contribution in [0.4, 0.5) is 0 Å². The van der Waals surface area contributed by atoms with Crippen LogP contribution in [-0.4, -0.2) is 0 Å². The summed E-state index contributed by atoms with van der Waals surface area (Å²) in [6.45, 7) is 4.96.